The fourth-order valence-electron chi connectivity index (χ4n) is 4.11. The topological polar surface area (TPSA) is 15.7 Å². The van der Waals surface area contributed by atoms with Gasteiger partial charge < -0.3 is 9.64 Å². The molecule has 1 aliphatic carbocycles. The number of rotatable bonds is 3. The molecule has 2 aliphatic heterocycles. The van der Waals surface area contributed by atoms with Gasteiger partial charge in [0.05, 0.1) is 0 Å². The van der Waals surface area contributed by atoms with Gasteiger partial charge in [0.2, 0.25) is 0 Å². The van der Waals surface area contributed by atoms with Crippen LogP contribution in [0.5, 0.6) is 0 Å². The Morgan fingerprint density at radius 3 is 2.45 bits per heavy atom. The zero-order valence-electron chi connectivity index (χ0n) is 13.0. The highest BCUT2D eigenvalue weighted by molar-refractivity contribution is 5.00. The van der Waals surface area contributed by atoms with Gasteiger partial charge >= 0.3 is 0 Å². The highest BCUT2D eigenvalue weighted by atomic mass is 16.5. The van der Waals surface area contributed by atoms with Crippen molar-refractivity contribution in [1.82, 2.24) is 9.80 Å². The minimum atomic E-state index is 0.698. The number of nitrogens with zero attached hydrogens (tertiary/aromatic N) is 2. The first-order chi connectivity index (χ1) is 9.84. The van der Waals surface area contributed by atoms with Crippen molar-refractivity contribution < 1.29 is 4.74 Å². The van der Waals surface area contributed by atoms with Crippen LogP contribution in [0.3, 0.4) is 0 Å². The van der Waals surface area contributed by atoms with E-state index >= 15 is 0 Å². The molecule has 3 aliphatic rings. The van der Waals surface area contributed by atoms with E-state index in [-0.39, 0.29) is 0 Å². The van der Waals surface area contributed by atoms with Crippen LogP contribution in [0.2, 0.25) is 0 Å². The third kappa shape index (κ3) is 3.44. The quantitative estimate of drug-likeness (QED) is 0.738. The number of allylic oxidation sites excluding steroid dienone is 1. The maximum Gasteiger partial charge on any atom is 0.0480 e. The normalized spacial score (nSPS) is 31.0. The summed E-state index contributed by atoms with van der Waals surface area (Å²) in [5.41, 5.74) is 0. The Bertz CT molecular complexity index is 317. The van der Waals surface area contributed by atoms with Crippen molar-refractivity contribution >= 4 is 0 Å². The molecular formula is C17H30N2O. The largest absolute Gasteiger partial charge is 0.381 e. The number of hydrogen-bond donors (Lipinski definition) is 0. The molecule has 2 heterocycles. The molecule has 0 amide bonds. The monoisotopic (exact) mass is 278 g/mol. The molecule has 0 spiro atoms. The lowest BCUT2D eigenvalue weighted by molar-refractivity contribution is 0.0131. The van der Waals surface area contributed by atoms with E-state index in [2.05, 4.69) is 29.0 Å². The molecule has 0 radical (unpaired) electrons. The van der Waals surface area contributed by atoms with E-state index in [1.54, 1.807) is 0 Å². The maximum atomic E-state index is 5.49. The third-order valence-corrected chi connectivity index (χ3v) is 5.53. The molecule has 1 unspecified atom stereocenters. The maximum absolute atomic E-state index is 5.49. The van der Waals surface area contributed by atoms with Crippen LogP contribution in [0, 0.1) is 0 Å². The second kappa shape index (κ2) is 7.06. The van der Waals surface area contributed by atoms with E-state index in [0.717, 1.165) is 25.3 Å². The first-order valence-corrected chi connectivity index (χ1v) is 8.55. The Kier molecular flexibility index (Phi) is 5.14. The van der Waals surface area contributed by atoms with Gasteiger partial charge in [-0.05, 0) is 65.1 Å². The second-order valence-electron chi connectivity index (χ2n) is 6.70. The standard InChI is InChI=1S/C17H30N2O/c1-18(15-5-3-2-4-6-15)16-7-11-19(12-8-16)17-9-13-20-14-10-17/h3,5,15-17H,2,4,6-14H2,1H3. The lowest BCUT2D eigenvalue weighted by Crippen LogP contribution is -2.50. The molecule has 0 N–H and O–H groups in total. The van der Waals surface area contributed by atoms with E-state index in [1.807, 2.05) is 0 Å². The van der Waals surface area contributed by atoms with Gasteiger partial charge in [-0.2, -0.15) is 0 Å². The first kappa shape index (κ1) is 14.6. The summed E-state index contributed by atoms with van der Waals surface area (Å²) >= 11 is 0. The predicted octanol–water partition coefficient (Wildman–Crippen LogP) is 2.67. The molecule has 20 heavy (non-hydrogen) atoms. The van der Waals surface area contributed by atoms with Crippen LogP contribution < -0.4 is 0 Å². The molecule has 2 saturated heterocycles. The fraction of sp³-hybridized carbons (Fsp3) is 0.882. The van der Waals surface area contributed by atoms with Crippen molar-refractivity contribution in [2.45, 2.75) is 63.1 Å². The van der Waals surface area contributed by atoms with E-state index in [4.69, 9.17) is 4.74 Å². The molecule has 1 atom stereocenters. The van der Waals surface area contributed by atoms with Crippen molar-refractivity contribution in [1.29, 1.82) is 0 Å². The molecular weight excluding hydrogens is 248 g/mol. The summed E-state index contributed by atoms with van der Waals surface area (Å²) in [6, 6.07) is 2.28. The molecule has 0 saturated carbocycles. The average Bonchev–Trinajstić information content (AvgIpc) is 2.56. The van der Waals surface area contributed by atoms with E-state index < -0.39 is 0 Å². The van der Waals surface area contributed by atoms with Gasteiger partial charge in [-0.15, -0.1) is 0 Å². The number of piperidine rings is 1. The minimum Gasteiger partial charge on any atom is -0.381 e. The van der Waals surface area contributed by atoms with E-state index in [9.17, 15) is 0 Å². The Morgan fingerprint density at radius 1 is 1.05 bits per heavy atom. The molecule has 3 rings (SSSR count). The first-order valence-electron chi connectivity index (χ1n) is 8.55. The summed E-state index contributed by atoms with van der Waals surface area (Å²) in [7, 11) is 2.34. The van der Waals surface area contributed by atoms with Gasteiger partial charge in [-0.25, -0.2) is 0 Å². The molecule has 2 fully saturated rings. The predicted molar refractivity (Wildman–Crippen MR) is 83.0 cm³/mol. The highest BCUT2D eigenvalue weighted by Gasteiger charge is 2.29. The van der Waals surface area contributed by atoms with Crippen LogP contribution in [0.4, 0.5) is 0 Å². The number of likely N-dealkylation sites (N-methyl/N-ethyl adjacent to an activating group) is 1. The smallest absolute Gasteiger partial charge is 0.0480 e. The molecule has 0 bridgehead atoms. The number of ether oxygens (including phenoxy) is 1. The number of hydrogen-bond acceptors (Lipinski definition) is 3. The molecule has 3 heteroatoms. The average molecular weight is 278 g/mol. The van der Waals surface area contributed by atoms with Crippen molar-refractivity contribution in [2.75, 3.05) is 33.4 Å². The fourth-order valence-corrected chi connectivity index (χ4v) is 4.11. The van der Waals surface area contributed by atoms with Crippen LogP contribution in [0.25, 0.3) is 0 Å². The second-order valence-corrected chi connectivity index (χ2v) is 6.70. The van der Waals surface area contributed by atoms with E-state index in [0.29, 0.717) is 6.04 Å². The van der Waals surface area contributed by atoms with Gasteiger partial charge in [0.25, 0.3) is 0 Å². The van der Waals surface area contributed by atoms with Crippen molar-refractivity contribution in [2.24, 2.45) is 0 Å². The third-order valence-electron chi connectivity index (χ3n) is 5.53. The molecule has 0 aromatic heterocycles. The highest BCUT2D eigenvalue weighted by Crippen LogP contribution is 2.25. The van der Waals surface area contributed by atoms with Crippen LogP contribution in [-0.4, -0.2) is 61.3 Å². The summed E-state index contributed by atoms with van der Waals surface area (Å²) in [5, 5.41) is 0. The zero-order chi connectivity index (χ0) is 13.8. The van der Waals surface area contributed by atoms with Crippen molar-refractivity contribution in [3.05, 3.63) is 12.2 Å². The van der Waals surface area contributed by atoms with Gasteiger partial charge in [0.1, 0.15) is 0 Å². The zero-order valence-corrected chi connectivity index (χ0v) is 13.0. The van der Waals surface area contributed by atoms with Crippen LogP contribution in [0.15, 0.2) is 12.2 Å². The van der Waals surface area contributed by atoms with Crippen molar-refractivity contribution in [3.63, 3.8) is 0 Å². The van der Waals surface area contributed by atoms with Gasteiger partial charge in [-0.3, -0.25) is 4.90 Å². The van der Waals surface area contributed by atoms with Crippen LogP contribution >= 0.6 is 0 Å². The van der Waals surface area contributed by atoms with Gasteiger partial charge in [0, 0.05) is 31.3 Å². The summed E-state index contributed by atoms with van der Waals surface area (Å²) in [6.07, 6.45) is 14.0. The van der Waals surface area contributed by atoms with Gasteiger partial charge in [0.15, 0.2) is 0 Å². The lowest BCUT2D eigenvalue weighted by atomic mass is 9.95. The molecule has 114 valence electrons. The van der Waals surface area contributed by atoms with Gasteiger partial charge in [-0.1, -0.05) is 12.2 Å². The summed E-state index contributed by atoms with van der Waals surface area (Å²) < 4.78 is 5.49. The summed E-state index contributed by atoms with van der Waals surface area (Å²) in [5.74, 6) is 0. The number of likely N-dealkylation sites (tertiary alicyclic amines) is 1. The summed E-state index contributed by atoms with van der Waals surface area (Å²) in [6.45, 7) is 4.51. The lowest BCUT2D eigenvalue weighted by Gasteiger charge is -2.43. The Balaban J connectivity index is 1.47. The Labute approximate surface area is 124 Å². The summed E-state index contributed by atoms with van der Waals surface area (Å²) in [4.78, 5) is 5.38. The SMILES string of the molecule is CN(C1C=CCCC1)C1CCN(C2CCOCC2)CC1. The minimum absolute atomic E-state index is 0.698. The van der Waals surface area contributed by atoms with Crippen molar-refractivity contribution in [3.8, 4) is 0 Å². The Morgan fingerprint density at radius 2 is 1.80 bits per heavy atom. The Hall–Kier alpha value is -0.380. The molecule has 0 aromatic carbocycles. The molecule has 0 aromatic rings. The molecule has 3 nitrogen and oxygen atoms in total. The van der Waals surface area contributed by atoms with Crippen LogP contribution in [-0.2, 0) is 4.74 Å². The van der Waals surface area contributed by atoms with E-state index in [1.165, 1.54) is 58.0 Å². The van der Waals surface area contributed by atoms with Crippen LogP contribution in [0.1, 0.15) is 44.9 Å².